The van der Waals surface area contributed by atoms with Crippen molar-refractivity contribution in [3.8, 4) is 0 Å². The van der Waals surface area contributed by atoms with Gasteiger partial charge in [-0.2, -0.15) is 0 Å². The summed E-state index contributed by atoms with van der Waals surface area (Å²) < 4.78 is 7.43. The van der Waals surface area contributed by atoms with Crippen LogP contribution in [0.15, 0.2) is 30.5 Å². The van der Waals surface area contributed by atoms with Crippen LogP contribution in [0.5, 0.6) is 0 Å². The van der Waals surface area contributed by atoms with E-state index in [1.165, 1.54) is 16.5 Å². The van der Waals surface area contributed by atoms with Gasteiger partial charge in [0.2, 0.25) is 0 Å². The number of nitrogens with two attached hydrogens (primary N) is 1. The van der Waals surface area contributed by atoms with E-state index >= 15 is 0 Å². The van der Waals surface area contributed by atoms with Crippen molar-refractivity contribution in [3.63, 3.8) is 0 Å². The van der Waals surface area contributed by atoms with Crippen molar-refractivity contribution in [2.24, 2.45) is 5.73 Å². The minimum absolute atomic E-state index is 0.197. The van der Waals surface area contributed by atoms with Crippen LogP contribution in [-0.4, -0.2) is 24.3 Å². The lowest BCUT2D eigenvalue weighted by atomic mass is 10.1. The highest BCUT2D eigenvalue weighted by atomic mass is 16.5. The minimum atomic E-state index is 0.197. The Labute approximate surface area is 109 Å². The lowest BCUT2D eigenvalue weighted by Crippen LogP contribution is -2.17. The maximum Gasteiger partial charge on any atom is 0.0483 e. The first kappa shape index (κ1) is 13.1. The molecule has 2 N–H and O–H groups in total. The molecule has 0 bridgehead atoms. The van der Waals surface area contributed by atoms with Gasteiger partial charge in [0, 0.05) is 43.4 Å². The zero-order valence-electron chi connectivity index (χ0n) is 11.2. The van der Waals surface area contributed by atoms with E-state index < -0.39 is 0 Å². The molecule has 2 aromatic rings. The summed E-state index contributed by atoms with van der Waals surface area (Å²) in [6.07, 6.45) is 4.20. The Kier molecular flexibility index (Phi) is 4.39. The lowest BCUT2D eigenvalue weighted by molar-refractivity contribution is 0.190. The first-order valence-electron chi connectivity index (χ1n) is 6.53. The summed E-state index contributed by atoms with van der Waals surface area (Å²) in [5.74, 6) is 0. The van der Waals surface area contributed by atoms with Crippen molar-refractivity contribution in [1.82, 2.24) is 4.57 Å². The van der Waals surface area contributed by atoms with Crippen LogP contribution >= 0.6 is 0 Å². The van der Waals surface area contributed by atoms with E-state index in [1.807, 2.05) is 0 Å². The molecule has 1 heterocycles. The Bertz CT molecular complexity index is 502. The molecule has 0 fully saturated rings. The quantitative estimate of drug-likeness (QED) is 0.796. The molecular weight excluding hydrogens is 224 g/mol. The number of hydrogen-bond donors (Lipinski definition) is 1. The number of methoxy groups -OCH3 is 1. The largest absolute Gasteiger partial charge is 0.385 e. The second-order valence-electron chi connectivity index (χ2n) is 4.89. The predicted molar refractivity (Wildman–Crippen MR) is 75.8 cm³/mol. The SMILES string of the molecule is COCCCn1cc(CC(C)N)c2ccccc21. The van der Waals surface area contributed by atoms with E-state index in [-0.39, 0.29) is 6.04 Å². The molecule has 0 aliphatic carbocycles. The van der Waals surface area contributed by atoms with Crippen LogP contribution < -0.4 is 5.73 Å². The van der Waals surface area contributed by atoms with Crippen LogP contribution in [0, 0.1) is 0 Å². The molecule has 0 radical (unpaired) electrons. The number of aromatic nitrogens is 1. The van der Waals surface area contributed by atoms with E-state index in [0.29, 0.717) is 0 Å². The fraction of sp³-hybridized carbons (Fsp3) is 0.467. The summed E-state index contributed by atoms with van der Waals surface area (Å²) in [7, 11) is 1.75. The van der Waals surface area contributed by atoms with Gasteiger partial charge in [0.15, 0.2) is 0 Å². The molecule has 0 aliphatic rings. The van der Waals surface area contributed by atoms with Gasteiger partial charge < -0.3 is 15.0 Å². The normalized spacial score (nSPS) is 13.1. The number of fused-ring (bicyclic) bond motifs is 1. The molecule has 18 heavy (non-hydrogen) atoms. The number of nitrogens with zero attached hydrogens (tertiary/aromatic N) is 1. The van der Waals surface area contributed by atoms with Crippen LogP contribution in [0.3, 0.4) is 0 Å². The molecule has 1 aromatic heterocycles. The van der Waals surface area contributed by atoms with E-state index in [9.17, 15) is 0 Å². The third kappa shape index (κ3) is 2.92. The first-order valence-corrected chi connectivity index (χ1v) is 6.53. The highest BCUT2D eigenvalue weighted by Gasteiger charge is 2.09. The highest BCUT2D eigenvalue weighted by Crippen LogP contribution is 2.22. The number of rotatable bonds is 6. The third-order valence-corrected chi connectivity index (χ3v) is 3.16. The second kappa shape index (κ2) is 6.03. The first-order chi connectivity index (χ1) is 8.72. The van der Waals surface area contributed by atoms with Crippen molar-refractivity contribution in [3.05, 3.63) is 36.0 Å². The Balaban J connectivity index is 2.29. The molecule has 2 rings (SSSR count). The van der Waals surface area contributed by atoms with Crippen molar-refractivity contribution in [2.75, 3.05) is 13.7 Å². The molecular formula is C15H22N2O. The van der Waals surface area contributed by atoms with E-state index in [4.69, 9.17) is 10.5 Å². The van der Waals surface area contributed by atoms with Crippen LogP contribution in [0.25, 0.3) is 10.9 Å². The lowest BCUT2D eigenvalue weighted by Gasteiger charge is -2.04. The smallest absolute Gasteiger partial charge is 0.0483 e. The maximum absolute atomic E-state index is 5.92. The molecule has 98 valence electrons. The Morgan fingerprint density at radius 2 is 2.11 bits per heavy atom. The Morgan fingerprint density at radius 3 is 2.83 bits per heavy atom. The molecule has 0 spiro atoms. The highest BCUT2D eigenvalue weighted by molar-refractivity contribution is 5.84. The number of para-hydroxylation sites is 1. The van der Waals surface area contributed by atoms with Crippen LogP contribution in [0.2, 0.25) is 0 Å². The monoisotopic (exact) mass is 246 g/mol. The Morgan fingerprint density at radius 1 is 1.33 bits per heavy atom. The number of ether oxygens (including phenoxy) is 1. The van der Waals surface area contributed by atoms with Gasteiger partial charge in [0.25, 0.3) is 0 Å². The molecule has 1 atom stereocenters. The number of hydrogen-bond acceptors (Lipinski definition) is 2. The zero-order chi connectivity index (χ0) is 13.0. The average molecular weight is 246 g/mol. The molecule has 0 saturated heterocycles. The number of aryl methyl sites for hydroxylation is 1. The van der Waals surface area contributed by atoms with Crippen LogP contribution in [-0.2, 0) is 17.7 Å². The van der Waals surface area contributed by atoms with Crippen molar-refractivity contribution in [2.45, 2.75) is 32.4 Å². The summed E-state index contributed by atoms with van der Waals surface area (Å²) in [5, 5.41) is 1.33. The van der Waals surface area contributed by atoms with Gasteiger partial charge in [-0.05, 0) is 31.4 Å². The van der Waals surface area contributed by atoms with Gasteiger partial charge in [-0.25, -0.2) is 0 Å². The predicted octanol–water partition coefficient (Wildman–Crippen LogP) is 2.57. The molecule has 1 unspecified atom stereocenters. The van der Waals surface area contributed by atoms with Gasteiger partial charge in [0.1, 0.15) is 0 Å². The fourth-order valence-electron chi connectivity index (χ4n) is 2.40. The van der Waals surface area contributed by atoms with E-state index in [1.54, 1.807) is 7.11 Å². The molecule has 3 heteroatoms. The standard InChI is InChI=1S/C15H22N2O/c1-12(16)10-13-11-17(8-5-9-18-2)15-7-4-3-6-14(13)15/h3-4,6-7,11-12H,5,8-10,16H2,1-2H3. The third-order valence-electron chi connectivity index (χ3n) is 3.16. The van der Waals surface area contributed by atoms with Crippen LogP contribution in [0.4, 0.5) is 0 Å². The van der Waals surface area contributed by atoms with E-state index in [2.05, 4.69) is 42.0 Å². The van der Waals surface area contributed by atoms with Gasteiger partial charge in [-0.3, -0.25) is 0 Å². The molecule has 0 amide bonds. The summed E-state index contributed by atoms with van der Waals surface area (Å²) in [5.41, 5.74) is 8.56. The summed E-state index contributed by atoms with van der Waals surface area (Å²) >= 11 is 0. The average Bonchev–Trinajstić information content (AvgIpc) is 2.68. The summed E-state index contributed by atoms with van der Waals surface area (Å²) in [4.78, 5) is 0. The van der Waals surface area contributed by atoms with Gasteiger partial charge in [0.05, 0.1) is 0 Å². The zero-order valence-corrected chi connectivity index (χ0v) is 11.2. The van der Waals surface area contributed by atoms with Crippen molar-refractivity contribution < 1.29 is 4.74 Å². The molecule has 0 saturated carbocycles. The fourth-order valence-corrected chi connectivity index (χ4v) is 2.40. The topological polar surface area (TPSA) is 40.2 Å². The second-order valence-corrected chi connectivity index (χ2v) is 4.89. The van der Waals surface area contributed by atoms with Gasteiger partial charge in [-0.15, -0.1) is 0 Å². The summed E-state index contributed by atoms with van der Waals surface area (Å²) in [6.45, 7) is 3.85. The summed E-state index contributed by atoms with van der Waals surface area (Å²) in [6, 6.07) is 8.73. The van der Waals surface area contributed by atoms with Gasteiger partial charge >= 0.3 is 0 Å². The molecule has 0 aliphatic heterocycles. The van der Waals surface area contributed by atoms with E-state index in [0.717, 1.165) is 26.0 Å². The maximum atomic E-state index is 5.92. The Hall–Kier alpha value is -1.32. The van der Waals surface area contributed by atoms with Gasteiger partial charge in [-0.1, -0.05) is 18.2 Å². The van der Waals surface area contributed by atoms with Crippen molar-refractivity contribution in [1.29, 1.82) is 0 Å². The minimum Gasteiger partial charge on any atom is -0.385 e. The van der Waals surface area contributed by atoms with Crippen molar-refractivity contribution >= 4 is 10.9 Å². The number of benzene rings is 1. The molecule has 3 nitrogen and oxygen atoms in total. The molecule has 1 aromatic carbocycles. The van der Waals surface area contributed by atoms with Crippen LogP contribution in [0.1, 0.15) is 18.9 Å².